The van der Waals surface area contributed by atoms with Gasteiger partial charge in [0, 0.05) is 31.2 Å². The molecule has 0 saturated carbocycles. The van der Waals surface area contributed by atoms with Gasteiger partial charge in [0.25, 0.3) is 0 Å². The molecule has 0 atom stereocenters. The molecule has 0 bridgehead atoms. The number of nitrogens with one attached hydrogen (secondary N) is 2. The van der Waals surface area contributed by atoms with Crippen LogP contribution in [0.2, 0.25) is 0 Å². The van der Waals surface area contributed by atoms with Crippen LogP contribution in [0.15, 0.2) is 42.5 Å². The minimum absolute atomic E-state index is 0.0289. The second-order valence-electron chi connectivity index (χ2n) is 7.46. The van der Waals surface area contributed by atoms with E-state index in [4.69, 9.17) is 9.47 Å². The first-order valence-corrected chi connectivity index (χ1v) is 9.87. The van der Waals surface area contributed by atoms with Crippen LogP contribution in [0.3, 0.4) is 0 Å². The number of rotatable bonds is 4. The zero-order valence-corrected chi connectivity index (χ0v) is 16.4. The van der Waals surface area contributed by atoms with E-state index < -0.39 is 0 Å². The predicted octanol–water partition coefficient (Wildman–Crippen LogP) is 3.28. The third-order valence-electron chi connectivity index (χ3n) is 5.36. The molecular weight excluding hydrogens is 370 g/mol. The van der Waals surface area contributed by atoms with Gasteiger partial charge in [0.15, 0.2) is 11.5 Å². The zero-order chi connectivity index (χ0) is 20.2. The smallest absolute Gasteiger partial charge is 0.321 e. The highest BCUT2D eigenvalue weighted by molar-refractivity contribution is 5.89. The topological polar surface area (TPSA) is 79.9 Å². The minimum Gasteiger partial charge on any atom is -0.454 e. The number of carbonyl (C=O) groups is 2. The standard InChI is InChI=1S/C22H25N3O4/c1-15-2-5-18(6-3-15)24-22(27)25-10-8-17(9-11-25)21(26)23-13-16-4-7-19-20(12-16)29-14-28-19/h2-7,12,17H,8-11,13-14H2,1H3,(H,23,26)(H,24,27). The number of anilines is 1. The molecule has 4 rings (SSSR count). The van der Waals surface area contributed by atoms with Gasteiger partial charge >= 0.3 is 6.03 Å². The first kappa shape index (κ1) is 19.1. The van der Waals surface area contributed by atoms with E-state index in [1.165, 1.54) is 0 Å². The number of carbonyl (C=O) groups excluding carboxylic acids is 2. The highest BCUT2D eigenvalue weighted by Crippen LogP contribution is 2.32. The zero-order valence-electron chi connectivity index (χ0n) is 16.4. The van der Waals surface area contributed by atoms with Crippen LogP contribution >= 0.6 is 0 Å². The summed E-state index contributed by atoms with van der Waals surface area (Å²) in [7, 11) is 0. The van der Waals surface area contributed by atoms with Crippen LogP contribution in [-0.2, 0) is 11.3 Å². The molecular formula is C22H25N3O4. The molecule has 0 radical (unpaired) electrons. The maximum atomic E-state index is 12.5. The molecule has 7 nitrogen and oxygen atoms in total. The van der Waals surface area contributed by atoms with E-state index >= 15 is 0 Å². The van der Waals surface area contributed by atoms with Crippen molar-refractivity contribution in [1.29, 1.82) is 0 Å². The third kappa shape index (κ3) is 4.62. The molecule has 0 aliphatic carbocycles. The largest absolute Gasteiger partial charge is 0.454 e. The average Bonchev–Trinajstić information content (AvgIpc) is 3.21. The molecule has 2 aliphatic rings. The van der Waals surface area contributed by atoms with Gasteiger partial charge in [-0.3, -0.25) is 4.79 Å². The number of piperidine rings is 1. The summed E-state index contributed by atoms with van der Waals surface area (Å²) in [5.41, 5.74) is 2.90. The fraction of sp³-hybridized carbons (Fsp3) is 0.364. The first-order valence-electron chi connectivity index (χ1n) is 9.87. The van der Waals surface area contributed by atoms with Gasteiger partial charge in [0.2, 0.25) is 12.7 Å². The molecule has 2 aromatic rings. The number of likely N-dealkylation sites (tertiary alicyclic amines) is 1. The van der Waals surface area contributed by atoms with Crippen molar-refractivity contribution in [1.82, 2.24) is 10.2 Å². The Hall–Kier alpha value is -3.22. The van der Waals surface area contributed by atoms with Crippen molar-refractivity contribution in [2.45, 2.75) is 26.3 Å². The molecule has 0 aromatic heterocycles. The second-order valence-corrected chi connectivity index (χ2v) is 7.46. The summed E-state index contributed by atoms with van der Waals surface area (Å²) in [5, 5.41) is 5.91. The summed E-state index contributed by atoms with van der Waals surface area (Å²) in [4.78, 5) is 26.7. The Labute approximate surface area is 170 Å². The van der Waals surface area contributed by atoms with Gasteiger partial charge in [-0.15, -0.1) is 0 Å². The molecule has 7 heteroatoms. The van der Waals surface area contributed by atoms with E-state index in [0.717, 1.165) is 22.6 Å². The summed E-state index contributed by atoms with van der Waals surface area (Å²) >= 11 is 0. The van der Waals surface area contributed by atoms with Crippen LogP contribution in [0, 0.1) is 12.8 Å². The van der Waals surface area contributed by atoms with Crippen molar-refractivity contribution >= 4 is 17.6 Å². The van der Waals surface area contributed by atoms with Crippen molar-refractivity contribution in [3.63, 3.8) is 0 Å². The maximum absolute atomic E-state index is 12.5. The van der Waals surface area contributed by atoms with Crippen molar-refractivity contribution in [2.75, 3.05) is 25.2 Å². The number of nitrogens with zero attached hydrogens (tertiary/aromatic N) is 1. The quantitative estimate of drug-likeness (QED) is 0.833. The van der Waals surface area contributed by atoms with Gasteiger partial charge in [-0.2, -0.15) is 0 Å². The Morgan fingerprint density at radius 3 is 2.52 bits per heavy atom. The molecule has 2 N–H and O–H groups in total. The van der Waals surface area contributed by atoms with Crippen molar-refractivity contribution in [2.24, 2.45) is 5.92 Å². The number of urea groups is 1. The van der Waals surface area contributed by atoms with Crippen molar-refractivity contribution < 1.29 is 19.1 Å². The van der Waals surface area contributed by atoms with E-state index in [2.05, 4.69) is 10.6 Å². The molecule has 3 amide bonds. The number of amides is 3. The summed E-state index contributed by atoms with van der Waals surface area (Å²) in [6.07, 6.45) is 1.32. The van der Waals surface area contributed by atoms with E-state index in [-0.39, 0.29) is 24.6 Å². The molecule has 1 fully saturated rings. The summed E-state index contributed by atoms with van der Waals surface area (Å²) in [6, 6.07) is 13.3. The lowest BCUT2D eigenvalue weighted by Crippen LogP contribution is -2.44. The fourth-order valence-corrected chi connectivity index (χ4v) is 3.57. The highest BCUT2D eigenvalue weighted by Gasteiger charge is 2.27. The van der Waals surface area contributed by atoms with E-state index in [1.807, 2.05) is 49.4 Å². The molecule has 0 unspecified atom stereocenters. The molecule has 0 spiro atoms. The Kier molecular flexibility index (Phi) is 5.55. The normalized spacial score (nSPS) is 15.8. The third-order valence-corrected chi connectivity index (χ3v) is 5.36. The van der Waals surface area contributed by atoms with Crippen LogP contribution in [0.1, 0.15) is 24.0 Å². The number of benzene rings is 2. The summed E-state index contributed by atoms with van der Waals surface area (Å²) < 4.78 is 10.7. The van der Waals surface area contributed by atoms with Crippen LogP contribution in [0.4, 0.5) is 10.5 Å². The van der Waals surface area contributed by atoms with E-state index in [0.29, 0.717) is 38.2 Å². The van der Waals surface area contributed by atoms with Crippen LogP contribution in [0.25, 0.3) is 0 Å². The number of fused-ring (bicyclic) bond motifs is 1. The Morgan fingerprint density at radius 2 is 1.76 bits per heavy atom. The Morgan fingerprint density at radius 1 is 1.03 bits per heavy atom. The molecule has 2 heterocycles. The van der Waals surface area contributed by atoms with E-state index in [9.17, 15) is 9.59 Å². The lowest BCUT2D eigenvalue weighted by Gasteiger charge is -2.31. The first-order chi connectivity index (χ1) is 14.1. The fourth-order valence-electron chi connectivity index (χ4n) is 3.57. The van der Waals surface area contributed by atoms with E-state index in [1.54, 1.807) is 4.90 Å². The van der Waals surface area contributed by atoms with Crippen molar-refractivity contribution in [3.8, 4) is 11.5 Å². The van der Waals surface area contributed by atoms with Crippen LogP contribution in [0.5, 0.6) is 11.5 Å². The Balaban J connectivity index is 1.23. The molecule has 2 aliphatic heterocycles. The molecule has 1 saturated heterocycles. The number of hydrogen-bond acceptors (Lipinski definition) is 4. The maximum Gasteiger partial charge on any atom is 0.321 e. The predicted molar refractivity (Wildman–Crippen MR) is 109 cm³/mol. The minimum atomic E-state index is -0.118. The molecule has 2 aromatic carbocycles. The second kappa shape index (κ2) is 8.43. The van der Waals surface area contributed by atoms with Crippen LogP contribution < -0.4 is 20.1 Å². The lowest BCUT2D eigenvalue weighted by molar-refractivity contribution is -0.126. The van der Waals surface area contributed by atoms with Crippen molar-refractivity contribution in [3.05, 3.63) is 53.6 Å². The Bertz CT molecular complexity index is 889. The molecule has 152 valence electrons. The summed E-state index contributed by atoms with van der Waals surface area (Å²) in [5.74, 6) is 1.40. The van der Waals surface area contributed by atoms with Gasteiger partial charge in [-0.05, 0) is 49.6 Å². The van der Waals surface area contributed by atoms with Gasteiger partial charge in [-0.25, -0.2) is 4.79 Å². The SMILES string of the molecule is Cc1ccc(NC(=O)N2CCC(C(=O)NCc3ccc4c(c3)OCO4)CC2)cc1. The van der Waals surface area contributed by atoms with Gasteiger partial charge < -0.3 is 25.0 Å². The molecule has 29 heavy (non-hydrogen) atoms. The number of hydrogen-bond donors (Lipinski definition) is 2. The van der Waals surface area contributed by atoms with Crippen LogP contribution in [-0.4, -0.2) is 36.7 Å². The summed E-state index contributed by atoms with van der Waals surface area (Å²) in [6.45, 7) is 3.83. The monoisotopic (exact) mass is 395 g/mol. The lowest BCUT2D eigenvalue weighted by atomic mass is 9.96. The average molecular weight is 395 g/mol. The number of aryl methyl sites for hydroxylation is 1. The highest BCUT2D eigenvalue weighted by atomic mass is 16.7. The van der Waals surface area contributed by atoms with Gasteiger partial charge in [-0.1, -0.05) is 23.8 Å². The number of ether oxygens (including phenoxy) is 2. The van der Waals surface area contributed by atoms with Gasteiger partial charge in [0.1, 0.15) is 0 Å². The van der Waals surface area contributed by atoms with Gasteiger partial charge in [0.05, 0.1) is 0 Å².